The van der Waals surface area contributed by atoms with E-state index in [0.717, 1.165) is 16.7 Å². The highest BCUT2D eigenvalue weighted by molar-refractivity contribution is 6.03. The van der Waals surface area contributed by atoms with Crippen LogP contribution in [0.1, 0.15) is 29.3 Å². The third-order valence-electron chi connectivity index (χ3n) is 4.17. The molecule has 6 heteroatoms. The average molecular weight is 364 g/mol. The van der Waals surface area contributed by atoms with Crippen molar-refractivity contribution >= 4 is 29.5 Å². The Hall–Kier alpha value is -3.41. The summed E-state index contributed by atoms with van der Waals surface area (Å²) in [5.41, 5.74) is 10.3. The molecule has 0 aromatic heterocycles. The van der Waals surface area contributed by atoms with Gasteiger partial charge in [-0.15, -0.1) is 0 Å². The SMILES string of the molecule is CCOC(=O)C1=Cc2ccc(-c3ccc(C(=O)OC)cc3)cc2N=C(N)C1. The molecule has 27 heavy (non-hydrogen) atoms. The van der Waals surface area contributed by atoms with Gasteiger partial charge < -0.3 is 15.2 Å². The van der Waals surface area contributed by atoms with Crippen LogP contribution in [0, 0.1) is 0 Å². The lowest BCUT2D eigenvalue weighted by Crippen LogP contribution is -2.16. The molecule has 2 N–H and O–H groups in total. The quantitative estimate of drug-likeness (QED) is 0.839. The van der Waals surface area contributed by atoms with Crippen molar-refractivity contribution < 1.29 is 19.1 Å². The van der Waals surface area contributed by atoms with Gasteiger partial charge in [-0.1, -0.05) is 24.3 Å². The molecular weight excluding hydrogens is 344 g/mol. The van der Waals surface area contributed by atoms with E-state index in [1.54, 1.807) is 25.1 Å². The van der Waals surface area contributed by atoms with Gasteiger partial charge in [-0.2, -0.15) is 0 Å². The number of fused-ring (bicyclic) bond motifs is 1. The van der Waals surface area contributed by atoms with Crippen molar-refractivity contribution in [2.24, 2.45) is 10.7 Å². The number of methoxy groups -OCH3 is 1. The monoisotopic (exact) mass is 364 g/mol. The topological polar surface area (TPSA) is 91.0 Å². The van der Waals surface area contributed by atoms with Gasteiger partial charge in [0.25, 0.3) is 0 Å². The largest absolute Gasteiger partial charge is 0.465 e. The number of nitrogens with two attached hydrogens (primary N) is 1. The van der Waals surface area contributed by atoms with E-state index in [4.69, 9.17) is 15.2 Å². The Morgan fingerprint density at radius 3 is 2.44 bits per heavy atom. The maximum atomic E-state index is 12.1. The minimum atomic E-state index is -0.383. The number of nitrogens with zero attached hydrogens (tertiary/aromatic N) is 1. The first kappa shape index (κ1) is 18.4. The summed E-state index contributed by atoms with van der Waals surface area (Å²) >= 11 is 0. The lowest BCUT2D eigenvalue weighted by Gasteiger charge is -2.07. The smallest absolute Gasteiger partial charge is 0.337 e. The molecule has 0 spiro atoms. The van der Waals surface area contributed by atoms with Crippen LogP contribution in [0.2, 0.25) is 0 Å². The first-order valence-electron chi connectivity index (χ1n) is 8.55. The minimum Gasteiger partial charge on any atom is -0.465 e. The summed E-state index contributed by atoms with van der Waals surface area (Å²) in [5, 5.41) is 0. The Labute approximate surface area is 157 Å². The highest BCUT2D eigenvalue weighted by Crippen LogP contribution is 2.32. The Balaban J connectivity index is 1.96. The van der Waals surface area contributed by atoms with E-state index in [1.165, 1.54) is 7.11 Å². The van der Waals surface area contributed by atoms with Crippen LogP contribution in [-0.4, -0.2) is 31.5 Å². The van der Waals surface area contributed by atoms with Gasteiger partial charge in [0.15, 0.2) is 0 Å². The Morgan fingerprint density at radius 1 is 1.07 bits per heavy atom. The van der Waals surface area contributed by atoms with Gasteiger partial charge >= 0.3 is 11.9 Å². The molecule has 0 aliphatic carbocycles. The molecule has 0 atom stereocenters. The van der Waals surface area contributed by atoms with E-state index in [2.05, 4.69) is 4.99 Å². The first-order chi connectivity index (χ1) is 13.0. The highest BCUT2D eigenvalue weighted by Gasteiger charge is 2.17. The lowest BCUT2D eigenvalue weighted by atomic mass is 10.00. The third kappa shape index (κ3) is 4.06. The Kier molecular flexibility index (Phi) is 5.35. The van der Waals surface area contributed by atoms with Crippen molar-refractivity contribution in [3.63, 3.8) is 0 Å². The maximum Gasteiger partial charge on any atom is 0.337 e. The van der Waals surface area contributed by atoms with E-state index in [-0.39, 0.29) is 18.4 Å². The fraction of sp³-hybridized carbons (Fsp3) is 0.190. The summed E-state index contributed by atoms with van der Waals surface area (Å²) in [7, 11) is 1.35. The second-order valence-corrected chi connectivity index (χ2v) is 6.01. The zero-order valence-corrected chi connectivity index (χ0v) is 15.2. The molecule has 0 unspecified atom stereocenters. The number of hydrogen-bond acceptors (Lipinski definition) is 6. The molecule has 0 saturated heterocycles. The van der Waals surface area contributed by atoms with E-state index in [9.17, 15) is 9.59 Å². The van der Waals surface area contributed by atoms with Gasteiger partial charge in [-0.25, -0.2) is 14.6 Å². The lowest BCUT2D eigenvalue weighted by molar-refractivity contribution is -0.138. The number of rotatable bonds is 4. The van der Waals surface area contributed by atoms with Crippen LogP contribution >= 0.6 is 0 Å². The summed E-state index contributed by atoms with van der Waals surface area (Å²) in [6.45, 7) is 2.07. The molecule has 138 valence electrons. The van der Waals surface area contributed by atoms with Gasteiger partial charge in [0.1, 0.15) is 5.84 Å². The average Bonchev–Trinajstić information content (AvgIpc) is 2.85. The van der Waals surface area contributed by atoms with Crippen LogP contribution in [-0.2, 0) is 14.3 Å². The van der Waals surface area contributed by atoms with Crippen LogP contribution in [0.25, 0.3) is 17.2 Å². The van der Waals surface area contributed by atoms with Gasteiger partial charge in [-0.05, 0) is 42.3 Å². The number of carbonyl (C=O) groups excluding carboxylic acids is 2. The maximum absolute atomic E-state index is 12.1. The number of ether oxygens (including phenoxy) is 2. The fourth-order valence-electron chi connectivity index (χ4n) is 2.84. The molecule has 1 heterocycles. The summed E-state index contributed by atoms with van der Waals surface area (Å²) < 4.78 is 9.79. The van der Waals surface area contributed by atoms with Crippen LogP contribution in [0.4, 0.5) is 5.69 Å². The number of esters is 2. The van der Waals surface area contributed by atoms with Crippen molar-refractivity contribution in [2.75, 3.05) is 13.7 Å². The molecule has 2 aromatic carbocycles. The van der Waals surface area contributed by atoms with Gasteiger partial charge in [-0.3, -0.25) is 0 Å². The van der Waals surface area contributed by atoms with E-state index >= 15 is 0 Å². The van der Waals surface area contributed by atoms with Crippen molar-refractivity contribution in [3.8, 4) is 11.1 Å². The molecule has 6 nitrogen and oxygen atoms in total. The van der Waals surface area contributed by atoms with Crippen molar-refractivity contribution in [1.82, 2.24) is 0 Å². The zero-order chi connectivity index (χ0) is 19.4. The molecule has 0 radical (unpaired) electrons. The predicted octanol–water partition coefficient (Wildman–Crippen LogP) is 3.48. The molecule has 0 amide bonds. The summed E-state index contributed by atoms with van der Waals surface area (Å²) in [6, 6.07) is 12.8. The second-order valence-electron chi connectivity index (χ2n) is 6.01. The van der Waals surface area contributed by atoms with Crippen LogP contribution in [0.3, 0.4) is 0 Å². The summed E-state index contributed by atoms with van der Waals surface area (Å²) in [5.74, 6) is -0.408. The van der Waals surface area contributed by atoms with Gasteiger partial charge in [0, 0.05) is 17.6 Å². The number of hydrogen-bond donors (Lipinski definition) is 1. The fourth-order valence-corrected chi connectivity index (χ4v) is 2.84. The number of carbonyl (C=O) groups is 2. The molecule has 3 rings (SSSR count). The molecule has 1 aliphatic rings. The Morgan fingerprint density at radius 2 is 1.78 bits per heavy atom. The molecule has 0 bridgehead atoms. The van der Waals surface area contributed by atoms with Gasteiger partial charge in [0.05, 0.1) is 25.0 Å². The van der Waals surface area contributed by atoms with Crippen molar-refractivity contribution in [1.29, 1.82) is 0 Å². The van der Waals surface area contributed by atoms with E-state index in [0.29, 0.717) is 29.3 Å². The van der Waals surface area contributed by atoms with Crippen LogP contribution in [0.15, 0.2) is 53.0 Å². The normalized spacial score (nSPS) is 13.0. The molecule has 0 saturated carbocycles. The predicted molar refractivity (Wildman–Crippen MR) is 104 cm³/mol. The molecule has 1 aliphatic heterocycles. The van der Waals surface area contributed by atoms with E-state index < -0.39 is 0 Å². The van der Waals surface area contributed by atoms with Crippen molar-refractivity contribution in [3.05, 3.63) is 59.2 Å². The van der Waals surface area contributed by atoms with Gasteiger partial charge in [0.2, 0.25) is 0 Å². The van der Waals surface area contributed by atoms with Crippen LogP contribution in [0.5, 0.6) is 0 Å². The zero-order valence-electron chi connectivity index (χ0n) is 15.2. The summed E-state index contributed by atoms with van der Waals surface area (Å²) in [4.78, 5) is 28.1. The standard InChI is InChI=1S/C21H20N2O4/c1-3-27-21(25)17-10-16-9-8-15(11-18(16)23-19(22)12-17)13-4-6-14(7-5-13)20(24)26-2/h4-11H,3,12H2,1-2H3,(H2,22,23). The number of aliphatic imine (C=N–C) groups is 1. The third-order valence-corrected chi connectivity index (χ3v) is 4.17. The first-order valence-corrected chi connectivity index (χ1v) is 8.55. The Bertz CT molecular complexity index is 943. The highest BCUT2D eigenvalue weighted by atomic mass is 16.5. The second kappa shape index (κ2) is 7.86. The molecular formula is C21H20N2O4. The van der Waals surface area contributed by atoms with Crippen LogP contribution < -0.4 is 5.73 Å². The number of benzene rings is 2. The molecule has 0 fully saturated rings. The van der Waals surface area contributed by atoms with E-state index in [1.807, 2.05) is 30.3 Å². The summed E-state index contributed by atoms with van der Waals surface area (Å²) in [6.07, 6.45) is 2.01. The minimum absolute atomic E-state index is 0.247. The van der Waals surface area contributed by atoms with Crippen molar-refractivity contribution in [2.45, 2.75) is 13.3 Å². The molecule has 2 aromatic rings. The number of amidine groups is 1.